The van der Waals surface area contributed by atoms with Gasteiger partial charge in [-0.25, -0.2) is 9.99 Å². The van der Waals surface area contributed by atoms with Gasteiger partial charge in [0.2, 0.25) is 0 Å². The SMILES string of the molecule is COc1ccc(C2=NN(C(=O)CSc3nc(Cc4ccccc4)c(C)[nH]3)C(c3ccco3)C2)cc1. The lowest BCUT2D eigenvalue weighted by molar-refractivity contribution is -0.130. The number of nitrogens with one attached hydrogen (secondary N) is 1. The third-order valence-corrected chi connectivity index (χ3v) is 6.83. The van der Waals surface area contributed by atoms with E-state index in [9.17, 15) is 4.79 Å². The summed E-state index contributed by atoms with van der Waals surface area (Å²) in [6.07, 6.45) is 2.95. The van der Waals surface area contributed by atoms with Gasteiger partial charge in [0, 0.05) is 18.5 Å². The van der Waals surface area contributed by atoms with Gasteiger partial charge >= 0.3 is 0 Å². The fraction of sp³-hybridized carbons (Fsp3) is 0.222. The normalized spacial score (nSPS) is 15.3. The number of nitrogens with zero attached hydrogens (tertiary/aromatic N) is 3. The first-order valence-electron chi connectivity index (χ1n) is 11.4. The highest BCUT2D eigenvalue weighted by Crippen LogP contribution is 2.34. The summed E-state index contributed by atoms with van der Waals surface area (Å²) >= 11 is 1.39. The van der Waals surface area contributed by atoms with E-state index in [0.717, 1.165) is 45.8 Å². The van der Waals surface area contributed by atoms with Crippen molar-refractivity contribution in [1.29, 1.82) is 0 Å². The van der Waals surface area contributed by atoms with Crippen LogP contribution in [0.15, 0.2) is 87.7 Å². The van der Waals surface area contributed by atoms with Crippen molar-refractivity contribution in [3.8, 4) is 5.75 Å². The average Bonchev–Trinajstić information content (AvgIpc) is 3.64. The van der Waals surface area contributed by atoms with Crippen LogP contribution in [0.1, 0.15) is 40.7 Å². The number of imidazole rings is 1. The Morgan fingerprint density at radius 3 is 2.66 bits per heavy atom. The molecular weight excluding hydrogens is 460 g/mol. The van der Waals surface area contributed by atoms with Crippen molar-refractivity contribution < 1.29 is 13.9 Å². The molecule has 1 amide bonds. The minimum atomic E-state index is -0.276. The summed E-state index contributed by atoms with van der Waals surface area (Å²) in [6, 6.07) is 21.4. The molecule has 0 spiro atoms. The maximum absolute atomic E-state index is 13.3. The highest BCUT2D eigenvalue weighted by molar-refractivity contribution is 7.99. The molecule has 0 bridgehead atoms. The van der Waals surface area contributed by atoms with Crippen LogP contribution in [0.5, 0.6) is 5.75 Å². The minimum Gasteiger partial charge on any atom is -0.497 e. The van der Waals surface area contributed by atoms with Gasteiger partial charge in [-0.05, 0) is 54.4 Å². The molecule has 35 heavy (non-hydrogen) atoms. The van der Waals surface area contributed by atoms with Gasteiger partial charge in [-0.15, -0.1) is 0 Å². The number of H-pyrrole nitrogens is 1. The first-order valence-corrected chi connectivity index (χ1v) is 12.4. The number of carbonyl (C=O) groups is 1. The number of rotatable bonds is 8. The van der Waals surface area contributed by atoms with E-state index in [1.54, 1.807) is 18.4 Å². The van der Waals surface area contributed by atoms with E-state index in [0.29, 0.717) is 6.42 Å². The second-order valence-electron chi connectivity index (χ2n) is 8.31. The monoisotopic (exact) mass is 486 g/mol. The summed E-state index contributed by atoms with van der Waals surface area (Å²) in [5.74, 6) is 1.61. The average molecular weight is 487 g/mol. The number of aryl methyl sites for hydroxylation is 1. The molecule has 2 aromatic heterocycles. The van der Waals surface area contributed by atoms with E-state index in [2.05, 4.69) is 17.1 Å². The van der Waals surface area contributed by atoms with Crippen LogP contribution < -0.4 is 4.74 Å². The number of hydrazone groups is 1. The van der Waals surface area contributed by atoms with E-state index in [4.69, 9.17) is 19.2 Å². The molecule has 5 rings (SSSR count). The maximum Gasteiger partial charge on any atom is 0.253 e. The number of amides is 1. The van der Waals surface area contributed by atoms with E-state index in [1.165, 1.54) is 17.3 Å². The molecule has 0 aliphatic carbocycles. The number of furan rings is 1. The fourth-order valence-electron chi connectivity index (χ4n) is 4.09. The Morgan fingerprint density at radius 1 is 1.14 bits per heavy atom. The number of carbonyl (C=O) groups excluding carboxylic acids is 1. The molecule has 7 nitrogen and oxygen atoms in total. The molecule has 1 aliphatic heterocycles. The van der Waals surface area contributed by atoms with E-state index in [-0.39, 0.29) is 17.7 Å². The molecule has 3 heterocycles. The van der Waals surface area contributed by atoms with E-state index < -0.39 is 0 Å². The number of methoxy groups -OCH3 is 1. The number of benzene rings is 2. The lowest BCUT2D eigenvalue weighted by atomic mass is 10.0. The van der Waals surface area contributed by atoms with Crippen LogP contribution in [0.2, 0.25) is 0 Å². The van der Waals surface area contributed by atoms with Gasteiger partial charge in [-0.2, -0.15) is 5.10 Å². The summed E-state index contributed by atoms with van der Waals surface area (Å²) < 4.78 is 10.9. The molecule has 0 fully saturated rings. The Labute approximate surface area is 208 Å². The third-order valence-electron chi connectivity index (χ3n) is 5.97. The number of aromatic nitrogens is 2. The standard InChI is InChI=1S/C27H26N4O3S/c1-18-22(15-19-7-4-3-5-8-19)29-27(28-18)35-17-26(32)31-24(25-9-6-14-34-25)16-23(30-31)20-10-12-21(33-2)13-11-20/h3-14,24H,15-17H2,1-2H3,(H,28,29). The Hall–Kier alpha value is -3.78. The van der Waals surface area contributed by atoms with Gasteiger partial charge in [0.05, 0.1) is 30.5 Å². The Balaban J connectivity index is 1.30. The zero-order valence-corrected chi connectivity index (χ0v) is 20.4. The fourth-order valence-corrected chi connectivity index (χ4v) is 4.89. The lowest BCUT2D eigenvalue weighted by Crippen LogP contribution is -2.28. The van der Waals surface area contributed by atoms with Crippen molar-refractivity contribution in [2.75, 3.05) is 12.9 Å². The smallest absolute Gasteiger partial charge is 0.253 e. The number of aromatic amines is 1. The number of hydrogen-bond acceptors (Lipinski definition) is 6. The summed E-state index contributed by atoms with van der Waals surface area (Å²) in [7, 11) is 1.64. The molecule has 8 heteroatoms. The van der Waals surface area contributed by atoms with Gasteiger partial charge < -0.3 is 14.1 Å². The molecule has 178 valence electrons. The molecule has 4 aromatic rings. The van der Waals surface area contributed by atoms with Crippen LogP contribution in [-0.4, -0.2) is 39.5 Å². The van der Waals surface area contributed by atoms with Gasteiger partial charge in [-0.3, -0.25) is 4.79 Å². The molecular formula is C27H26N4O3S. The van der Waals surface area contributed by atoms with Crippen LogP contribution in [-0.2, 0) is 11.2 Å². The van der Waals surface area contributed by atoms with Crippen molar-refractivity contribution >= 4 is 23.4 Å². The van der Waals surface area contributed by atoms with E-state index in [1.807, 2.05) is 61.5 Å². The molecule has 0 saturated heterocycles. The topological polar surface area (TPSA) is 83.7 Å². The molecule has 0 saturated carbocycles. The van der Waals surface area contributed by atoms with Crippen LogP contribution in [0, 0.1) is 6.92 Å². The van der Waals surface area contributed by atoms with Crippen molar-refractivity contribution in [3.05, 3.63) is 101 Å². The number of thioether (sulfide) groups is 1. The van der Waals surface area contributed by atoms with Gasteiger partial charge in [0.1, 0.15) is 17.6 Å². The first kappa shape index (κ1) is 23.0. The third kappa shape index (κ3) is 5.17. The second kappa shape index (κ2) is 10.2. The summed E-state index contributed by atoms with van der Waals surface area (Å²) in [5.41, 5.74) is 5.00. The van der Waals surface area contributed by atoms with Crippen molar-refractivity contribution in [2.24, 2.45) is 5.10 Å². The van der Waals surface area contributed by atoms with Gasteiger partial charge in [0.25, 0.3) is 5.91 Å². The Bertz CT molecular complexity index is 1310. The Kier molecular flexibility index (Phi) is 6.72. The summed E-state index contributed by atoms with van der Waals surface area (Å²) in [5, 5.41) is 6.98. The van der Waals surface area contributed by atoms with Crippen LogP contribution >= 0.6 is 11.8 Å². The number of hydrogen-bond donors (Lipinski definition) is 1. The van der Waals surface area contributed by atoms with Gasteiger partial charge in [0.15, 0.2) is 5.16 Å². The van der Waals surface area contributed by atoms with Gasteiger partial charge in [-0.1, -0.05) is 42.1 Å². The first-order chi connectivity index (χ1) is 17.1. The maximum atomic E-state index is 13.3. The largest absolute Gasteiger partial charge is 0.497 e. The van der Waals surface area contributed by atoms with E-state index >= 15 is 0 Å². The number of ether oxygens (including phenoxy) is 1. The molecule has 2 aromatic carbocycles. The van der Waals surface area contributed by atoms with Crippen molar-refractivity contribution in [1.82, 2.24) is 15.0 Å². The zero-order chi connectivity index (χ0) is 24.2. The lowest BCUT2D eigenvalue weighted by Gasteiger charge is -2.19. The minimum absolute atomic E-state index is 0.0985. The van der Waals surface area contributed by atoms with Crippen molar-refractivity contribution in [3.63, 3.8) is 0 Å². The van der Waals surface area contributed by atoms with Crippen LogP contribution in [0.25, 0.3) is 0 Å². The zero-order valence-electron chi connectivity index (χ0n) is 19.6. The summed E-state index contributed by atoms with van der Waals surface area (Å²) in [4.78, 5) is 21.3. The second-order valence-corrected chi connectivity index (χ2v) is 9.28. The molecule has 1 unspecified atom stereocenters. The van der Waals surface area contributed by atoms with Crippen LogP contribution in [0.3, 0.4) is 0 Å². The highest BCUT2D eigenvalue weighted by Gasteiger charge is 2.34. The molecule has 1 atom stereocenters. The van der Waals surface area contributed by atoms with Crippen LogP contribution in [0.4, 0.5) is 0 Å². The summed E-state index contributed by atoms with van der Waals surface area (Å²) in [6.45, 7) is 2.01. The highest BCUT2D eigenvalue weighted by atomic mass is 32.2. The Morgan fingerprint density at radius 2 is 1.94 bits per heavy atom. The predicted molar refractivity (Wildman–Crippen MR) is 136 cm³/mol. The molecule has 1 aliphatic rings. The molecule has 0 radical (unpaired) electrons. The molecule has 1 N–H and O–H groups in total. The quantitative estimate of drug-likeness (QED) is 0.338. The predicted octanol–water partition coefficient (Wildman–Crippen LogP) is 5.38. The van der Waals surface area contributed by atoms with Crippen molar-refractivity contribution in [2.45, 2.75) is 31.0 Å².